The van der Waals surface area contributed by atoms with Gasteiger partial charge in [-0.25, -0.2) is 4.98 Å². The van der Waals surface area contributed by atoms with Crippen molar-refractivity contribution < 1.29 is 9.53 Å². The molecule has 6 nitrogen and oxygen atoms in total. The van der Waals surface area contributed by atoms with E-state index in [1.165, 1.54) is 18.6 Å². The lowest BCUT2D eigenvalue weighted by molar-refractivity contribution is -0.164. The molecule has 0 atom stereocenters. The van der Waals surface area contributed by atoms with Gasteiger partial charge in [0.2, 0.25) is 0 Å². The van der Waals surface area contributed by atoms with E-state index in [1.54, 1.807) is 18.2 Å². The summed E-state index contributed by atoms with van der Waals surface area (Å²) in [5.41, 5.74) is 0.0568. The van der Waals surface area contributed by atoms with Crippen molar-refractivity contribution in [3.05, 3.63) is 53.1 Å². The van der Waals surface area contributed by atoms with Crippen molar-refractivity contribution in [3.63, 3.8) is 0 Å². The fourth-order valence-electron chi connectivity index (χ4n) is 4.22. The first-order valence-corrected chi connectivity index (χ1v) is 8.99. The molecule has 1 aliphatic carbocycles. The molecular weight excluding hydrogens is 364 g/mol. The van der Waals surface area contributed by atoms with E-state index >= 15 is 0 Å². The van der Waals surface area contributed by atoms with Crippen LogP contribution in [0.4, 0.5) is 0 Å². The average Bonchev–Trinajstić information content (AvgIpc) is 2.64. The van der Waals surface area contributed by atoms with Gasteiger partial charge in [-0.1, -0.05) is 39.3 Å². The Hall–Kier alpha value is -2.65. The van der Waals surface area contributed by atoms with E-state index in [-0.39, 0.29) is 34.6 Å². The molecule has 1 saturated carbocycles. The van der Waals surface area contributed by atoms with Crippen molar-refractivity contribution in [2.24, 2.45) is 10.8 Å². The lowest BCUT2D eigenvalue weighted by Crippen LogP contribution is -2.74. The summed E-state index contributed by atoms with van der Waals surface area (Å²) in [6, 6.07) is 6.95. The number of carbonyl (C=O) groups is 1. The molecule has 0 unspecified atom stereocenters. The zero-order chi connectivity index (χ0) is 19.8. The van der Waals surface area contributed by atoms with Crippen LogP contribution in [0.1, 0.15) is 43.7 Å². The summed E-state index contributed by atoms with van der Waals surface area (Å²) < 4.78 is 6.21. The molecule has 0 aliphatic heterocycles. The molecule has 7 heteroatoms. The summed E-state index contributed by atoms with van der Waals surface area (Å²) in [5, 5.41) is 12.4. The molecule has 1 aliphatic rings. The first-order valence-electron chi connectivity index (χ1n) is 8.61. The summed E-state index contributed by atoms with van der Waals surface area (Å²) in [6.45, 7) is 8.21. The van der Waals surface area contributed by atoms with E-state index in [1.807, 2.05) is 6.07 Å². The highest BCUT2D eigenvalue weighted by Crippen LogP contribution is 2.55. The van der Waals surface area contributed by atoms with Gasteiger partial charge in [-0.15, -0.1) is 0 Å². The van der Waals surface area contributed by atoms with Gasteiger partial charge in [0, 0.05) is 35.3 Å². The Morgan fingerprint density at radius 3 is 2.52 bits per heavy atom. The van der Waals surface area contributed by atoms with Gasteiger partial charge in [-0.3, -0.25) is 9.78 Å². The van der Waals surface area contributed by atoms with Crippen LogP contribution in [-0.4, -0.2) is 28.0 Å². The molecule has 3 rings (SSSR count). The zero-order valence-electron chi connectivity index (χ0n) is 15.7. The Morgan fingerprint density at radius 1 is 1.26 bits per heavy atom. The number of benzene rings is 1. The summed E-state index contributed by atoms with van der Waals surface area (Å²) in [5.74, 6) is 0.345. The van der Waals surface area contributed by atoms with Crippen LogP contribution in [0.5, 0.6) is 5.75 Å². The Labute approximate surface area is 163 Å². The number of hydrogen-bond acceptors (Lipinski definition) is 5. The highest BCUT2D eigenvalue weighted by molar-refractivity contribution is 6.31. The van der Waals surface area contributed by atoms with Crippen molar-refractivity contribution in [1.82, 2.24) is 15.3 Å². The second kappa shape index (κ2) is 6.82. The molecule has 0 bridgehead atoms. The summed E-state index contributed by atoms with van der Waals surface area (Å²) in [4.78, 5) is 20.5. The van der Waals surface area contributed by atoms with Crippen LogP contribution >= 0.6 is 11.6 Å². The standard InChI is InChI=1S/C20H21ClN4O2/c1-19(2)17(25-16(26)15-11-23-7-8-24-15)20(3,4)18(19)27-13-6-5-12(10-22)14(21)9-13/h5-9,11,17-18H,1-4H3,(H,25,26). The minimum absolute atomic E-state index is 0.113. The number of hydrogen-bond donors (Lipinski definition) is 1. The second-order valence-corrected chi connectivity index (χ2v) is 8.30. The smallest absolute Gasteiger partial charge is 0.271 e. The van der Waals surface area contributed by atoms with Gasteiger partial charge in [-0.05, 0) is 12.1 Å². The van der Waals surface area contributed by atoms with Crippen LogP contribution in [0, 0.1) is 22.2 Å². The number of amides is 1. The van der Waals surface area contributed by atoms with Crippen molar-refractivity contribution in [2.75, 3.05) is 0 Å². The van der Waals surface area contributed by atoms with Gasteiger partial charge < -0.3 is 10.1 Å². The molecule has 1 heterocycles. The maximum atomic E-state index is 12.5. The maximum absolute atomic E-state index is 12.5. The number of nitrogens with one attached hydrogen (secondary N) is 1. The van der Waals surface area contributed by atoms with Gasteiger partial charge >= 0.3 is 0 Å². The number of carbonyl (C=O) groups excluding carboxylic acids is 1. The van der Waals surface area contributed by atoms with Gasteiger partial charge in [0.1, 0.15) is 23.6 Å². The molecule has 0 radical (unpaired) electrons. The highest BCUT2D eigenvalue weighted by Gasteiger charge is 2.64. The lowest BCUT2D eigenvalue weighted by Gasteiger charge is -2.63. The topological polar surface area (TPSA) is 87.9 Å². The molecule has 140 valence electrons. The van der Waals surface area contributed by atoms with Gasteiger partial charge in [0.15, 0.2) is 0 Å². The monoisotopic (exact) mass is 384 g/mol. The number of nitriles is 1. The molecule has 1 aromatic carbocycles. The van der Waals surface area contributed by atoms with Crippen molar-refractivity contribution in [1.29, 1.82) is 5.26 Å². The number of aromatic nitrogens is 2. The molecule has 1 amide bonds. The van der Waals surface area contributed by atoms with E-state index in [0.717, 1.165) is 0 Å². The van der Waals surface area contributed by atoms with E-state index in [0.29, 0.717) is 16.3 Å². The van der Waals surface area contributed by atoms with E-state index < -0.39 is 0 Å². The first-order chi connectivity index (χ1) is 12.7. The Morgan fingerprint density at radius 2 is 1.96 bits per heavy atom. The summed E-state index contributed by atoms with van der Waals surface area (Å²) in [6.07, 6.45) is 4.31. The van der Waals surface area contributed by atoms with Crippen molar-refractivity contribution in [2.45, 2.75) is 39.8 Å². The Balaban J connectivity index is 1.77. The normalized spacial score (nSPS) is 22.2. The number of nitrogens with zero attached hydrogens (tertiary/aromatic N) is 3. The third-order valence-electron chi connectivity index (χ3n) is 5.23. The number of halogens is 1. The van der Waals surface area contributed by atoms with Crippen molar-refractivity contribution in [3.8, 4) is 11.8 Å². The third kappa shape index (κ3) is 3.35. The Bertz CT molecular complexity index is 890. The van der Waals surface area contributed by atoms with Gasteiger partial charge in [0.05, 0.1) is 16.8 Å². The number of rotatable bonds is 4. The maximum Gasteiger partial charge on any atom is 0.271 e. The third-order valence-corrected chi connectivity index (χ3v) is 5.54. The van der Waals surface area contributed by atoms with E-state index in [2.05, 4.69) is 43.0 Å². The molecule has 0 saturated heterocycles. The SMILES string of the molecule is CC1(C)C(NC(=O)c2cnccn2)C(C)(C)C1Oc1ccc(C#N)c(Cl)c1. The van der Waals surface area contributed by atoms with Crippen molar-refractivity contribution >= 4 is 17.5 Å². The largest absolute Gasteiger partial charge is 0.489 e. The van der Waals surface area contributed by atoms with Crippen LogP contribution in [0.15, 0.2) is 36.8 Å². The van der Waals surface area contributed by atoms with Crippen LogP contribution in [0.2, 0.25) is 5.02 Å². The fraction of sp³-hybridized carbons (Fsp3) is 0.400. The first kappa shape index (κ1) is 19.1. The number of ether oxygens (including phenoxy) is 1. The Kier molecular flexibility index (Phi) is 4.83. The van der Waals surface area contributed by atoms with Crippen LogP contribution in [-0.2, 0) is 0 Å². The summed E-state index contributed by atoms with van der Waals surface area (Å²) >= 11 is 6.11. The highest BCUT2D eigenvalue weighted by atomic mass is 35.5. The van der Waals surface area contributed by atoms with E-state index in [9.17, 15) is 4.79 Å². The molecule has 1 fully saturated rings. The molecule has 1 N–H and O–H groups in total. The zero-order valence-corrected chi connectivity index (χ0v) is 16.4. The fourth-order valence-corrected chi connectivity index (χ4v) is 4.43. The quantitative estimate of drug-likeness (QED) is 0.869. The summed E-state index contributed by atoms with van der Waals surface area (Å²) in [7, 11) is 0. The molecule has 27 heavy (non-hydrogen) atoms. The van der Waals surface area contributed by atoms with Crippen LogP contribution in [0.3, 0.4) is 0 Å². The molecular formula is C20H21ClN4O2. The second-order valence-electron chi connectivity index (χ2n) is 7.89. The predicted octanol–water partition coefficient (Wildman–Crippen LogP) is 3.61. The minimum atomic E-state index is -0.318. The predicted molar refractivity (Wildman–Crippen MR) is 101 cm³/mol. The minimum Gasteiger partial charge on any atom is -0.489 e. The van der Waals surface area contributed by atoms with Crippen LogP contribution < -0.4 is 10.1 Å². The molecule has 1 aromatic heterocycles. The lowest BCUT2D eigenvalue weighted by atomic mass is 9.49. The van der Waals surface area contributed by atoms with Gasteiger partial charge in [0.25, 0.3) is 5.91 Å². The molecule has 2 aromatic rings. The molecule has 0 spiro atoms. The van der Waals surface area contributed by atoms with E-state index in [4.69, 9.17) is 21.6 Å². The van der Waals surface area contributed by atoms with Gasteiger partial charge in [-0.2, -0.15) is 5.26 Å². The average molecular weight is 385 g/mol. The van der Waals surface area contributed by atoms with Crippen LogP contribution in [0.25, 0.3) is 0 Å².